The van der Waals surface area contributed by atoms with E-state index < -0.39 is 0 Å². The number of aromatic amines is 1. The van der Waals surface area contributed by atoms with Gasteiger partial charge in [0.2, 0.25) is 0 Å². The zero-order valence-electron chi connectivity index (χ0n) is 20.2. The molecule has 0 saturated carbocycles. The monoisotopic (exact) mass is 522 g/mol. The highest BCUT2D eigenvalue weighted by Gasteiger charge is 2.17. The van der Waals surface area contributed by atoms with Gasteiger partial charge in [-0.15, -0.1) is 11.6 Å². The average Bonchev–Trinajstić information content (AvgIpc) is 3.55. The summed E-state index contributed by atoms with van der Waals surface area (Å²) in [6.07, 6.45) is 3.77. The van der Waals surface area contributed by atoms with Crippen molar-refractivity contribution in [3.63, 3.8) is 0 Å². The summed E-state index contributed by atoms with van der Waals surface area (Å²) in [6.45, 7) is 0. The van der Waals surface area contributed by atoms with Crippen molar-refractivity contribution >= 4 is 62.2 Å². The van der Waals surface area contributed by atoms with Gasteiger partial charge in [-0.25, -0.2) is 0 Å². The normalized spacial score (nSPS) is 11.3. The van der Waals surface area contributed by atoms with Gasteiger partial charge in [-0.05, 0) is 71.5 Å². The highest BCUT2D eigenvalue weighted by Crippen LogP contribution is 2.33. The number of aromatic nitrogens is 1. The van der Waals surface area contributed by atoms with Gasteiger partial charge in [-0.2, -0.15) is 0 Å². The molecule has 8 heteroatoms. The van der Waals surface area contributed by atoms with E-state index in [0.717, 1.165) is 38.4 Å². The van der Waals surface area contributed by atoms with E-state index in [1.165, 1.54) is 0 Å². The molecule has 1 aliphatic heterocycles. The molecule has 5 N–H and O–H groups in total. The molecule has 4 aromatic rings. The Hall–Kier alpha value is -4.75. The topological polar surface area (TPSA) is 113 Å². The molecule has 188 valence electrons. The van der Waals surface area contributed by atoms with Gasteiger partial charge in [0.05, 0.1) is 12.5 Å². The van der Waals surface area contributed by atoms with Crippen molar-refractivity contribution in [2.24, 2.45) is 0 Å². The minimum Gasteiger partial charge on any atom is -0.472 e. The number of carbonyl (C=O) groups excluding carboxylic acids is 2. The Balaban J connectivity index is 1.25. The first kappa shape index (κ1) is 23.6. The molecule has 2 amide bonds. The number of nitrogen functional groups attached to an aromatic ring is 1. The fourth-order valence-corrected chi connectivity index (χ4v) is 5.00. The molecule has 0 saturated heterocycles. The number of carbonyl (C=O) groups is 2. The summed E-state index contributed by atoms with van der Waals surface area (Å²) < 4.78 is 5.17. The Morgan fingerprint density at radius 1 is 0.895 bits per heavy atom. The SMILES string of the molecule is Nc1cc(NC(=O)c2cc3cc(NC(=O)c4cc5ccocc-5c4)ccc3[nH]2)c(CCCl)c2ccccc12. The van der Waals surface area contributed by atoms with Crippen molar-refractivity contribution in [1.82, 2.24) is 4.98 Å². The molecule has 1 aromatic heterocycles. The van der Waals surface area contributed by atoms with Crippen LogP contribution < -0.4 is 16.4 Å². The van der Waals surface area contributed by atoms with E-state index >= 15 is 0 Å². The summed E-state index contributed by atoms with van der Waals surface area (Å²) in [5, 5.41) is 8.61. The average molecular weight is 523 g/mol. The van der Waals surface area contributed by atoms with Crippen molar-refractivity contribution in [1.29, 1.82) is 0 Å². The number of nitrogens with two attached hydrogens (primary N) is 1. The lowest BCUT2D eigenvalue weighted by Crippen LogP contribution is -2.14. The maximum Gasteiger partial charge on any atom is 0.272 e. The number of rotatable bonds is 6. The van der Waals surface area contributed by atoms with E-state index in [0.29, 0.717) is 40.6 Å². The maximum absolute atomic E-state index is 13.2. The summed E-state index contributed by atoms with van der Waals surface area (Å²) in [7, 11) is 0. The largest absolute Gasteiger partial charge is 0.472 e. The lowest BCUT2D eigenvalue weighted by Gasteiger charge is -2.15. The van der Waals surface area contributed by atoms with Crippen LogP contribution in [0, 0.1) is 0 Å². The zero-order chi connectivity index (χ0) is 26.2. The third-order valence-corrected chi connectivity index (χ3v) is 6.83. The third kappa shape index (κ3) is 4.33. The maximum atomic E-state index is 13.2. The van der Waals surface area contributed by atoms with Crippen LogP contribution in [0.3, 0.4) is 0 Å². The molecular weight excluding hydrogens is 500 g/mol. The molecule has 0 atom stereocenters. The van der Waals surface area contributed by atoms with Gasteiger partial charge in [0.25, 0.3) is 11.8 Å². The van der Waals surface area contributed by atoms with Crippen LogP contribution in [0.1, 0.15) is 26.4 Å². The molecule has 0 radical (unpaired) electrons. The van der Waals surface area contributed by atoms with Gasteiger partial charge in [0.1, 0.15) is 5.69 Å². The number of amides is 2. The number of hydrogen-bond acceptors (Lipinski definition) is 4. The lowest BCUT2D eigenvalue weighted by atomic mass is 9.99. The smallest absolute Gasteiger partial charge is 0.272 e. The van der Waals surface area contributed by atoms with E-state index in [1.54, 1.807) is 36.8 Å². The first-order chi connectivity index (χ1) is 18.5. The molecule has 0 spiro atoms. The fourth-order valence-electron chi connectivity index (χ4n) is 4.81. The minimum absolute atomic E-state index is 0.227. The molecule has 38 heavy (non-hydrogen) atoms. The second-order valence-electron chi connectivity index (χ2n) is 9.08. The summed E-state index contributed by atoms with van der Waals surface area (Å²) in [5.41, 5.74) is 12.5. The van der Waals surface area contributed by atoms with E-state index in [9.17, 15) is 9.59 Å². The Kier molecular flexibility index (Phi) is 5.98. The van der Waals surface area contributed by atoms with Crippen LogP contribution in [0.25, 0.3) is 32.8 Å². The van der Waals surface area contributed by atoms with Crippen LogP contribution >= 0.6 is 11.6 Å². The Morgan fingerprint density at radius 3 is 2.53 bits per heavy atom. The summed E-state index contributed by atoms with van der Waals surface area (Å²) in [6, 6.07) is 22.2. The Bertz CT molecular complexity index is 1770. The van der Waals surface area contributed by atoms with Crippen molar-refractivity contribution in [2.75, 3.05) is 22.2 Å². The van der Waals surface area contributed by atoms with Crippen LogP contribution in [0.4, 0.5) is 17.1 Å². The molecular formula is C30H23ClN4O3. The molecule has 2 aliphatic rings. The predicted molar refractivity (Wildman–Crippen MR) is 152 cm³/mol. The Morgan fingerprint density at radius 2 is 1.71 bits per heavy atom. The third-order valence-electron chi connectivity index (χ3n) is 6.64. The van der Waals surface area contributed by atoms with Crippen LogP contribution in [0.15, 0.2) is 89.7 Å². The number of hydrogen-bond donors (Lipinski definition) is 4. The zero-order valence-corrected chi connectivity index (χ0v) is 20.9. The van der Waals surface area contributed by atoms with E-state index in [1.807, 2.05) is 48.5 Å². The molecule has 0 fully saturated rings. The number of H-pyrrole nitrogens is 1. The van der Waals surface area contributed by atoms with Crippen molar-refractivity contribution in [2.45, 2.75) is 6.42 Å². The molecule has 3 aromatic carbocycles. The van der Waals surface area contributed by atoms with E-state index in [2.05, 4.69) is 15.6 Å². The molecule has 1 aliphatic carbocycles. The quantitative estimate of drug-likeness (QED) is 0.141. The molecule has 2 heterocycles. The standard InChI is InChI=1S/C30H23ClN4O3/c31-9-7-24-22-3-1-2-4-23(22)25(32)15-27(24)35-30(37)28-14-18-13-21(5-6-26(18)34-28)33-29(36)19-11-17-8-10-38-16-20(17)12-19/h1-6,8,10-16,34H,7,9,32H2,(H,33,36)(H,35,37). The second-order valence-corrected chi connectivity index (χ2v) is 9.46. The summed E-state index contributed by atoms with van der Waals surface area (Å²) in [5.74, 6) is -0.116. The Labute approximate surface area is 222 Å². The van der Waals surface area contributed by atoms with E-state index in [-0.39, 0.29) is 11.8 Å². The van der Waals surface area contributed by atoms with Crippen molar-refractivity contribution in [3.05, 3.63) is 102 Å². The second kappa shape index (κ2) is 9.61. The number of fused-ring (bicyclic) bond motifs is 3. The van der Waals surface area contributed by atoms with Crippen LogP contribution in [0.2, 0.25) is 0 Å². The van der Waals surface area contributed by atoms with Gasteiger partial charge < -0.3 is 25.8 Å². The first-order valence-electron chi connectivity index (χ1n) is 12.1. The fraction of sp³-hybridized carbons (Fsp3) is 0.0667. The summed E-state index contributed by atoms with van der Waals surface area (Å²) in [4.78, 5) is 29.2. The van der Waals surface area contributed by atoms with E-state index in [4.69, 9.17) is 21.8 Å². The predicted octanol–water partition coefficient (Wildman–Crippen LogP) is 6.89. The van der Waals surface area contributed by atoms with Gasteiger partial charge >= 0.3 is 0 Å². The number of aryl methyl sites for hydroxylation is 1. The molecule has 6 rings (SSSR count). The first-order valence-corrected chi connectivity index (χ1v) is 12.6. The highest BCUT2D eigenvalue weighted by molar-refractivity contribution is 6.18. The number of halogens is 1. The van der Waals surface area contributed by atoms with Crippen LogP contribution in [-0.4, -0.2) is 22.7 Å². The molecule has 7 nitrogen and oxygen atoms in total. The highest BCUT2D eigenvalue weighted by atomic mass is 35.5. The van der Waals surface area contributed by atoms with Gasteiger partial charge in [0, 0.05) is 50.4 Å². The number of nitrogens with one attached hydrogen (secondary N) is 3. The van der Waals surface area contributed by atoms with Crippen molar-refractivity contribution in [3.8, 4) is 11.1 Å². The molecule has 0 unspecified atom stereocenters. The van der Waals surface area contributed by atoms with Crippen molar-refractivity contribution < 1.29 is 14.0 Å². The van der Waals surface area contributed by atoms with Crippen LogP contribution in [-0.2, 0) is 6.42 Å². The lowest BCUT2D eigenvalue weighted by molar-refractivity contribution is 0.101. The van der Waals surface area contributed by atoms with Gasteiger partial charge in [-0.1, -0.05) is 24.3 Å². The minimum atomic E-state index is -0.300. The van der Waals surface area contributed by atoms with Gasteiger partial charge in [-0.3, -0.25) is 9.59 Å². The molecule has 0 bridgehead atoms. The summed E-state index contributed by atoms with van der Waals surface area (Å²) >= 11 is 6.08. The van der Waals surface area contributed by atoms with Gasteiger partial charge in [0.15, 0.2) is 0 Å². The number of alkyl halides is 1. The number of benzene rings is 3. The number of anilines is 3. The van der Waals surface area contributed by atoms with Crippen LogP contribution in [0.5, 0.6) is 0 Å².